The molecule has 0 spiro atoms. The van der Waals surface area contributed by atoms with Crippen molar-refractivity contribution in [2.45, 2.75) is 18.4 Å². The minimum Gasteiger partial charge on any atom is -0.497 e. The third-order valence-electron chi connectivity index (χ3n) is 5.33. The third-order valence-corrected chi connectivity index (χ3v) is 5.33. The molecule has 2 aromatic rings. The lowest BCUT2D eigenvalue weighted by Crippen LogP contribution is -2.29. The Balaban J connectivity index is 1.80. The Bertz CT molecular complexity index is 893. The van der Waals surface area contributed by atoms with Crippen LogP contribution in [0.3, 0.4) is 0 Å². The van der Waals surface area contributed by atoms with Gasteiger partial charge in [-0.15, -0.1) is 0 Å². The van der Waals surface area contributed by atoms with E-state index in [1.54, 1.807) is 32.4 Å². The number of ether oxygens (including phenoxy) is 2. The van der Waals surface area contributed by atoms with Crippen molar-refractivity contribution in [1.82, 2.24) is 0 Å². The fourth-order valence-corrected chi connectivity index (χ4v) is 4.09. The maximum absolute atomic E-state index is 11.2. The lowest BCUT2D eigenvalue weighted by molar-refractivity contribution is -0.384. The molecule has 1 heterocycles. The summed E-state index contributed by atoms with van der Waals surface area (Å²) < 4.78 is 11.0. The van der Waals surface area contributed by atoms with Gasteiger partial charge in [-0.2, -0.15) is 0 Å². The molecule has 134 valence electrons. The highest BCUT2D eigenvalue weighted by Crippen LogP contribution is 2.52. The number of rotatable bonds is 4. The Labute approximate surface area is 151 Å². The number of nitro groups is 1. The second kappa shape index (κ2) is 6.37. The van der Waals surface area contributed by atoms with Crippen LogP contribution in [0, 0.1) is 16.0 Å². The number of methoxy groups -OCH3 is 2. The van der Waals surface area contributed by atoms with Crippen molar-refractivity contribution in [2.75, 3.05) is 19.5 Å². The number of nitro benzene ring substituents is 1. The first-order valence-electron chi connectivity index (χ1n) is 8.56. The molecule has 1 N–H and O–H groups in total. The van der Waals surface area contributed by atoms with Crippen LogP contribution < -0.4 is 14.8 Å². The van der Waals surface area contributed by atoms with Gasteiger partial charge in [-0.25, -0.2) is 0 Å². The van der Waals surface area contributed by atoms with E-state index in [0.717, 1.165) is 34.7 Å². The highest BCUT2D eigenvalue weighted by molar-refractivity contribution is 5.63. The second-order valence-corrected chi connectivity index (χ2v) is 6.61. The number of hydrogen-bond donors (Lipinski definition) is 1. The van der Waals surface area contributed by atoms with Gasteiger partial charge in [0.25, 0.3) is 5.69 Å². The van der Waals surface area contributed by atoms with Gasteiger partial charge in [0.05, 0.1) is 25.2 Å². The molecular formula is C20H20N2O4. The van der Waals surface area contributed by atoms with E-state index in [0.29, 0.717) is 0 Å². The monoisotopic (exact) mass is 352 g/mol. The normalized spacial score (nSPS) is 22.9. The van der Waals surface area contributed by atoms with E-state index < -0.39 is 0 Å². The third kappa shape index (κ3) is 2.58. The fourth-order valence-electron chi connectivity index (χ4n) is 4.09. The molecule has 0 amide bonds. The van der Waals surface area contributed by atoms with Crippen molar-refractivity contribution in [3.8, 4) is 11.5 Å². The van der Waals surface area contributed by atoms with E-state index >= 15 is 0 Å². The summed E-state index contributed by atoms with van der Waals surface area (Å²) in [7, 11) is 3.31. The highest BCUT2D eigenvalue weighted by Gasteiger charge is 2.39. The molecule has 6 heteroatoms. The van der Waals surface area contributed by atoms with Crippen LogP contribution >= 0.6 is 0 Å². The quantitative estimate of drug-likeness (QED) is 0.500. The van der Waals surface area contributed by atoms with Crippen LogP contribution in [0.1, 0.15) is 29.5 Å². The van der Waals surface area contributed by atoms with E-state index in [-0.39, 0.29) is 28.5 Å². The number of fused-ring (bicyclic) bond motifs is 3. The molecule has 0 radical (unpaired) electrons. The van der Waals surface area contributed by atoms with E-state index in [1.807, 2.05) is 18.2 Å². The maximum Gasteiger partial charge on any atom is 0.269 e. The molecule has 26 heavy (non-hydrogen) atoms. The predicted molar refractivity (Wildman–Crippen MR) is 99.0 cm³/mol. The lowest BCUT2D eigenvalue weighted by atomic mass is 9.76. The SMILES string of the molecule is COc1ccc(OC)c([C@H]2Nc3ccc([N+](=O)[O-])cc3[C@H]3C=CC[C@@H]32)c1. The molecule has 2 aromatic carbocycles. The molecule has 3 atom stereocenters. The van der Waals surface area contributed by atoms with Crippen molar-refractivity contribution in [1.29, 1.82) is 0 Å². The number of non-ortho nitro benzene ring substituents is 1. The van der Waals surface area contributed by atoms with Gasteiger partial charge < -0.3 is 14.8 Å². The summed E-state index contributed by atoms with van der Waals surface area (Å²) in [5.74, 6) is 2.00. The molecule has 0 saturated heterocycles. The van der Waals surface area contributed by atoms with Gasteiger partial charge in [0.2, 0.25) is 0 Å². The Hall–Kier alpha value is -3.02. The molecule has 0 bridgehead atoms. The summed E-state index contributed by atoms with van der Waals surface area (Å²) in [6, 6.07) is 10.9. The first-order chi connectivity index (χ1) is 12.6. The van der Waals surface area contributed by atoms with E-state index in [9.17, 15) is 10.1 Å². The van der Waals surface area contributed by atoms with Gasteiger partial charge >= 0.3 is 0 Å². The van der Waals surface area contributed by atoms with Gasteiger partial charge in [0.15, 0.2) is 0 Å². The van der Waals surface area contributed by atoms with Gasteiger partial charge in [-0.1, -0.05) is 12.2 Å². The average molecular weight is 352 g/mol. The number of nitrogens with zero attached hydrogens (tertiary/aromatic N) is 1. The van der Waals surface area contributed by atoms with Crippen LogP contribution in [0.15, 0.2) is 48.6 Å². The Morgan fingerprint density at radius 3 is 2.69 bits per heavy atom. The zero-order valence-electron chi connectivity index (χ0n) is 14.6. The summed E-state index contributed by atoms with van der Waals surface area (Å²) in [5, 5.41) is 14.7. The summed E-state index contributed by atoms with van der Waals surface area (Å²) >= 11 is 0. The molecule has 0 unspecified atom stereocenters. The molecule has 2 aliphatic rings. The van der Waals surface area contributed by atoms with Gasteiger partial charge in [-0.05, 0) is 42.2 Å². The standard InChI is InChI=1S/C20H20N2O4/c1-25-13-7-9-19(26-2)17(11-13)20-15-5-3-4-14(15)16-10-12(22(23)24)6-8-18(16)21-20/h3-4,6-11,14-15,20-21H,5H2,1-2H3/t14-,15-,20-/m0/s1. The summed E-state index contributed by atoms with van der Waals surface area (Å²) in [6.45, 7) is 0. The fraction of sp³-hybridized carbons (Fsp3) is 0.300. The first-order valence-corrected chi connectivity index (χ1v) is 8.56. The van der Waals surface area contributed by atoms with Crippen molar-refractivity contribution in [3.05, 3.63) is 69.8 Å². The number of hydrogen-bond acceptors (Lipinski definition) is 5. The number of allylic oxidation sites excluding steroid dienone is 2. The minimum atomic E-state index is -0.342. The van der Waals surface area contributed by atoms with Crippen LogP contribution in [0.2, 0.25) is 0 Å². The molecule has 4 rings (SSSR count). The predicted octanol–water partition coefficient (Wildman–Crippen LogP) is 4.44. The van der Waals surface area contributed by atoms with Crippen molar-refractivity contribution < 1.29 is 14.4 Å². The Kier molecular flexibility index (Phi) is 4.03. The number of nitrogens with one attached hydrogen (secondary N) is 1. The summed E-state index contributed by atoms with van der Waals surface area (Å²) in [5.41, 5.74) is 3.07. The highest BCUT2D eigenvalue weighted by atomic mass is 16.6. The topological polar surface area (TPSA) is 73.6 Å². The molecule has 1 aliphatic heterocycles. The van der Waals surface area contributed by atoms with Crippen molar-refractivity contribution in [2.24, 2.45) is 5.92 Å². The molecular weight excluding hydrogens is 332 g/mol. The van der Waals surface area contributed by atoms with Crippen LogP contribution in [-0.4, -0.2) is 19.1 Å². The minimum absolute atomic E-state index is 0.0361. The zero-order valence-corrected chi connectivity index (χ0v) is 14.6. The second-order valence-electron chi connectivity index (χ2n) is 6.61. The van der Waals surface area contributed by atoms with Crippen molar-refractivity contribution >= 4 is 11.4 Å². The zero-order chi connectivity index (χ0) is 18.3. The maximum atomic E-state index is 11.2. The molecule has 0 fully saturated rings. The number of benzene rings is 2. The van der Waals surface area contributed by atoms with Gasteiger partial charge in [-0.3, -0.25) is 10.1 Å². The lowest BCUT2D eigenvalue weighted by Gasteiger charge is -2.37. The molecule has 0 saturated carbocycles. The van der Waals surface area contributed by atoms with E-state index in [2.05, 4.69) is 17.5 Å². The largest absolute Gasteiger partial charge is 0.497 e. The molecule has 0 aromatic heterocycles. The van der Waals surface area contributed by atoms with Crippen LogP contribution in [0.25, 0.3) is 0 Å². The van der Waals surface area contributed by atoms with Crippen LogP contribution in [0.5, 0.6) is 11.5 Å². The molecule has 6 nitrogen and oxygen atoms in total. The van der Waals surface area contributed by atoms with Crippen LogP contribution in [-0.2, 0) is 0 Å². The molecule has 1 aliphatic carbocycles. The first kappa shape index (κ1) is 16.4. The van der Waals surface area contributed by atoms with E-state index in [4.69, 9.17) is 9.47 Å². The van der Waals surface area contributed by atoms with E-state index in [1.165, 1.54) is 0 Å². The van der Waals surface area contributed by atoms with Gasteiger partial charge in [0, 0.05) is 29.3 Å². The Morgan fingerprint density at radius 2 is 1.96 bits per heavy atom. The van der Waals surface area contributed by atoms with Gasteiger partial charge in [0.1, 0.15) is 11.5 Å². The van der Waals surface area contributed by atoms with Crippen molar-refractivity contribution in [3.63, 3.8) is 0 Å². The number of anilines is 1. The Morgan fingerprint density at radius 1 is 1.12 bits per heavy atom. The smallest absolute Gasteiger partial charge is 0.269 e. The summed E-state index contributed by atoms with van der Waals surface area (Å²) in [6.07, 6.45) is 5.23. The summed E-state index contributed by atoms with van der Waals surface area (Å²) in [4.78, 5) is 10.8. The van der Waals surface area contributed by atoms with Crippen LogP contribution in [0.4, 0.5) is 11.4 Å². The average Bonchev–Trinajstić information content (AvgIpc) is 3.16.